The summed E-state index contributed by atoms with van der Waals surface area (Å²) in [5.41, 5.74) is 2.17. The van der Waals surface area contributed by atoms with Gasteiger partial charge in [0.2, 0.25) is 11.8 Å². The lowest BCUT2D eigenvalue weighted by Crippen LogP contribution is -2.23. The molecule has 0 unspecified atom stereocenters. The van der Waals surface area contributed by atoms with Crippen LogP contribution in [-0.2, 0) is 9.59 Å². The van der Waals surface area contributed by atoms with Crippen LogP contribution in [-0.4, -0.2) is 50.4 Å². The molecule has 0 aromatic heterocycles. The van der Waals surface area contributed by atoms with E-state index in [1.807, 2.05) is 0 Å². The molecule has 3 N–H and O–H groups in total. The SMILES string of the molecule is COc1ccc(NC(C)=O)cc1NCC(=O)Nc1cccc(C(=O)N(C)C)c1. The summed E-state index contributed by atoms with van der Waals surface area (Å²) in [5.74, 6) is -0.0864. The lowest BCUT2D eigenvalue weighted by Gasteiger charge is -2.14. The van der Waals surface area contributed by atoms with E-state index in [0.717, 1.165) is 0 Å². The first-order chi connectivity index (χ1) is 13.3. The van der Waals surface area contributed by atoms with Gasteiger partial charge in [0, 0.05) is 38.0 Å². The minimum atomic E-state index is -0.290. The van der Waals surface area contributed by atoms with Gasteiger partial charge in [0.05, 0.1) is 19.3 Å². The Morgan fingerprint density at radius 1 is 1.00 bits per heavy atom. The molecule has 0 bridgehead atoms. The lowest BCUT2D eigenvalue weighted by atomic mass is 10.2. The molecule has 0 saturated heterocycles. The molecule has 0 atom stereocenters. The summed E-state index contributed by atoms with van der Waals surface area (Å²) in [7, 11) is 4.85. The molecule has 0 heterocycles. The molecule has 2 rings (SSSR count). The Morgan fingerprint density at radius 2 is 1.71 bits per heavy atom. The standard InChI is InChI=1S/C20H24N4O4/c1-13(25)22-16-8-9-18(28-4)17(11-16)21-12-19(26)23-15-7-5-6-14(10-15)20(27)24(2)3/h5-11,21H,12H2,1-4H3,(H,22,25)(H,23,26). The van der Waals surface area contributed by atoms with E-state index in [-0.39, 0.29) is 24.3 Å². The van der Waals surface area contributed by atoms with Gasteiger partial charge in [-0.15, -0.1) is 0 Å². The molecule has 0 spiro atoms. The maximum atomic E-state index is 12.3. The van der Waals surface area contributed by atoms with Crippen molar-refractivity contribution in [2.75, 3.05) is 43.7 Å². The zero-order valence-electron chi connectivity index (χ0n) is 16.3. The molecule has 0 saturated carbocycles. The quantitative estimate of drug-likeness (QED) is 0.681. The molecule has 8 nitrogen and oxygen atoms in total. The second-order valence-corrected chi connectivity index (χ2v) is 6.28. The second kappa shape index (κ2) is 9.40. The number of benzene rings is 2. The average Bonchev–Trinajstić information content (AvgIpc) is 2.65. The van der Waals surface area contributed by atoms with Crippen molar-refractivity contribution in [3.63, 3.8) is 0 Å². The van der Waals surface area contributed by atoms with Crippen molar-refractivity contribution < 1.29 is 19.1 Å². The van der Waals surface area contributed by atoms with Crippen LogP contribution >= 0.6 is 0 Å². The van der Waals surface area contributed by atoms with E-state index in [4.69, 9.17) is 4.74 Å². The average molecular weight is 384 g/mol. The number of amides is 3. The van der Waals surface area contributed by atoms with E-state index < -0.39 is 0 Å². The highest BCUT2D eigenvalue weighted by molar-refractivity contribution is 5.98. The third kappa shape index (κ3) is 5.73. The summed E-state index contributed by atoms with van der Waals surface area (Å²) in [6.45, 7) is 1.39. The fraction of sp³-hybridized carbons (Fsp3) is 0.250. The van der Waals surface area contributed by atoms with E-state index in [1.54, 1.807) is 56.6 Å². The van der Waals surface area contributed by atoms with Crippen LogP contribution in [0.25, 0.3) is 0 Å². The van der Waals surface area contributed by atoms with Crippen LogP contribution in [0.5, 0.6) is 5.75 Å². The van der Waals surface area contributed by atoms with Gasteiger partial charge in [0.1, 0.15) is 5.75 Å². The van der Waals surface area contributed by atoms with Gasteiger partial charge in [0.25, 0.3) is 5.91 Å². The summed E-state index contributed by atoms with van der Waals surface area (Å²) in [5, 5.41) is 8.42. The van der Waals surface area contributed by atoms with Gasteiger partial charge in [-0.25, -0.2) is 0 Å². The maximum Gasteiger partial charge on any atom is 0.253 e. The van der Waals surface area contributed by atoms with Gasteiger partial charge in [-0.2, -0.15) is 0 Å². The molecule has 3 amide bonds. The maximum absolute atomic E-state index is 12.3. The van der Waals surface area contributed by atoms with Crippen molar-refractivity contribution in [3.05, 3.63) is 48.0 Å². The van der Waals surface area contributed by atoms with E-state index in [0.29, 0.717) is 28.4 Å². The highest BCUT2D eigenvalue weighted by Gasteiger charge is 2.11. The molecule has 0 radical (unpaired) electrons. The number of methoxy groups -OCH3 is 1. The first-order valence-corrected chi connectivity index (χ1v) is 8.61. The highest BCUT2D eigenvalue weighted by Crippen LogP contribution is 2.27. The zero-order chi connectivity index (χ0) is 20.7. The minimum absolute atomic E-state index is 0.0221. The normalized spacial score (nSPS) is 10.0. The van der Waals surface area contributed by atoms with Crippen molar-refractivity contribution in [2.45, 2.75) is 6.92 Å². The first kappa shape index (κ1) is 20.8. The van der Waals surface area contributed by atoms with Gasteiger partial charge < -0.3 is 25.6 Å². The van der Waals surface area contributed by atoms with Crippen molar-refractivity contribution in [3.8, 4) is 5.75 Å². The van der Waals surface area contributed by atoms with E-state index in [9.17, 15) is 14.4 Å². The number of rotatable bonds is 7. The molecule has 0 fully saturated rings. The number of hydrogen-bond acceptors (Lipinski definition) is 5. The Labute approximate surface area is 163 Å². The Morgan fingerprint density at radius 3 is 2.36 bits per heavy atom. The minimum Gasteiger partial charge on any atom is -0.495 e. The first-order valence-electron chi connectivity index (χ1n) is 8.61. The predicted molar refractivity (Wildman–Crippen MR) is 109 cm³/mol. The molecule has 8 heteroatoms. The Hall–Kier alpha value is -3.55. The molecule has 148 valence electrons. The Kier molecular flexibility index (Phi) is 6.97. The number of hydrogen-bond donors (Lipinski definition) is 3. The lowest BCUT2D eigenvalue weighted by molar-refractivity contribution is -0.115. The Balaban J connectivity index is 2.03. The van der Waals surface area contributed by atoms with Gasteiger partial charge in [0.15, 0.2) is 0 Å². The van der Waals surface area contributed by atoms with Crippen molar-refractivity contribution in [1.29, 1.82) is 0 Å². The van der Waals surface area contributed by atoms with Crippen LogP contribution in [0.2, 0.25) is 0 Å². The van der Waals surface area contributed by atoms with E-state index >= 15 is 0 Å². The number of nitrogens with one attached hydrogen (secondary N) is 3. The van der Waals surface area contributed by atoms with E-state index in [2.05, 4.69) is 16.0 Å². The van der Waals surface area contributed by atoms with Gasteiger partial charge in [-0.05, 0) is 36.4 Å². The molecule has 0 aliphatic rings. The third-order valence-corrected chi connectivity index (χ3v) is 3.76. The smallest absolute Gasteiger partial charge is 0.253 e. The topological polar surface area (TPSA) is 99.8 Å². The van der Waals surface area contributed by atoms with Crippen molar-refractivity contribution >= 4 is 34.8 Å². The van der Waals surface area contributed by atoms with Crippen LogP contribution in [0, 0.1) is 0 Å². The number of ether oxygens (including phenoxy) is 1. The summed E-state index contributed by atoms with van der Waals surface area (Å²) >= 11 is 0. The molecule has 0 aliphatic carbocycles. The molecular weight excluding hydrogens is 360 g/mol. The van der Waals surface area contributed by atoms with Crippen LogP contribution in [0.15, 0.2) is 42.5 Å². The fourth-order valence-electron chi connectivity index (χ4n) is 2.50. The summed E-state index contributed by atoms with van der Waals surface area (Å²) in [6, 6.07) is 11.8. The van der Waals surface area contributed by atoms with Gasteiger partial charge >= 0.3 is 0 Å². The molecular formula is C20H24N4O4. The monoisotopic (exact) mass is 384 g/mol. The summed E-state index contributed by atoms with van der Waals surface area (Å²) < 4.78 is 5.27. The van der Waals surface area contributed by atoms with Crippen LogP contribution < -0.4 is 20.7 Å². The predicted octanol–water partition coefficient (Wildman–Crippen LogP) is 2.41. The number of carbonyl (C=O) groups is 3. The number of anilines is 3. The second-order valence-electron chi connectivity index (χ2n) is 6.28. The zero-order valence-corrected chi connectivity index (χ0v) is 16.3. The van der Waals surface area contributed by atoms with Gasteiger partial charge in [-0.3, -0.25) is 14.4 Å². The largest absolute Gasteiger partial charge is 0.495 e. The van der Waals surface area contributed by atoms with Gasteiger partial charge in [-0.1, -0.05) is 6.07 Å². The third-order valence-electron chi connectivity index (χ3n) is 3.76. The molecule has 28 heavy (non-hydrogen) atoms. The summed E-state index contributed by atoms with van der Waals surface area (Å²) in [6.07, 6.45) is 0. The number of nitrogens with zero attached hydrogens (tertiary/aromatic N) is 1. The van der Waals surface area contributed by atoms with Crippen LogP contribution in [0.1, 0.15) is 17.3 Å². The fourth-order valence-corrected chi connectivity index (χ4v) is 2.50. The number of carbonyl (C=O) groups excluding carboxylic acids is 3. The highest BCUT2D eigenvalue weighted by atomic mass is 16.5. The molecule has 2 aromatic carbocycles. The van der Waals surface area contributed by atoms with Crippen LogP contribution in [0.4, 0.5) is 17.1 Å². The van der Waals surface area contributed by atoms with Crippen molar-refractivity contribution in [1.82, 2.24) is 4.90 Å². The van der Waals surface area contributed by atoms with Crippen molar-refractivity contribution in [2.24, 2.45) is 0 Å². The molecule has 0 aliphatic heterocycles. The Bertz CT molecular complexity index is 880. The molecule has 2 aromatic rings. The van der Waals surface area contributed by atoms with Crippen LogP contribution in [0.3, 0.4) is 0 Å². The summed E-state index contributed by atoms with van der Waals surface area (Å²) in [4.78, 5) is 37.0. The van der Waals surface area contributed by atoms with E-state index in [1.165, 1.54) is 18.9 Å².